The summed E-state index contributed by atoms with van der Waals surface area (Å²) in [5.41, 5.74) is 6.03. The van der Waals surface area contributed by atoms with Gasteiger partial charge in [-0.2, -0.15) is 0 Å². The lowest BCUT2D eigenvalue weighted by molar-refractivity contribution is -0.142. The van der Waals surface area contributed by atoms with E-state index in [-0.39, 0.29) is 35.7 Å². The van der Waals surface area contributed by atoms with Gasteiger partial charge in [0.15, 0.2) is 0 Å². The van der Waals surface area contributed by atoms with E-state index >= 15 is 0 Å². The van der Waals surface area contributed by atoms with Crippen LogP contribution in [0.15, 0.2) is 0 Å². The third-order valence-electron chi connectivity index (χ3n) is 4.74. The maximum Gasteiger partial charge on any atom is 0.233 e. The largest absolute Gasteiger partial charge is 0.326 e. The lowest BCUT2D eigenvalue weighted by atomic mass is 9.81. The molecule has 2 amide bonds. The predicted molar refractivity (Wildman–Crippen MR) is 62.9 cm³/mol. The lowest BCUT2D eigenvalue weighted by Gasteiger charge is -2.26. The van der Waals surface area contributed by atoms with Gasteiger partial charge in [-0.15, -0.1) is 0 Å². The van der Waals surface area contributed by atoms with Gasteiger partial charge in [-0.05, 0) is 32.1 Å². The minimum Gasteiger partial charge on any atom is -0.326 e. The maximum absolute atomic E-state index is 12.3. The van der Waals surface area contributed by atoms with Gasteiger partial charge in [-0.3, -0.25) is 14.5 Å². The molecule has 0 spiro atoms. The number of rotatable bonds is 1. The Kier molecular flexibility index (Phi) is 2.69. The van der Waals surface area contributed by atoms with Gasteiger partial charge >= 0.3 is 0 Å². The summed E-state index contributed by atoms with van der Waals surface area (Å²) in [7, 11) is 0. The first-order chi connectivity index (χ1) is 8.20. The summed E-state index contributed by atoms with van der Waals surface area (Å²) >= 11 is 0. The van der Waals surface area contributed by atoms with Gasteiger partial charge in [-0.25, -0.2) is 0 Å². The zero-order chi connectivity index (χ0) is 12.0. The van der Waals surface area contributed by atoms with Crippen LogP contribution in [-0.2, 0) is 9.59 Å². The summed E-state index contributed by atoms with van der Waals surface area (Å²) in [6.45, 7) is 0. The van der Waals surface area contributed by atoms with Crippen LogP contribution >= 0.6 is 0 Å². The van der Waals surface area contributed by atoms with Crippen LogP contribution in [-0.4, -0.2) is 28.8 Å². The Bertz CT molecular complexity index is 331. The summed E-state index contributed by atoms with van der Waals surface area (Å²) in [6.07, 6.45) is 6.85. The van der Waals surface area contributed by atoms with E-state index in [0.717, 1.165) is 44.9 Å². The number of carbonyl (C=O) groups is 2. The number of likely N-dealkylation sites (tertiary alicyclic amines) is 1. The Morgan fingerprint density at radius 1 is 0.882 bits per heavy atom. The molecule has 4 nitrogen and oxygen atoms in total. The van der Waals surface area contributed by atoms with Crippen molar-refractivity contribution in [1.82, 2.24) is 4.90 Å². The van der Waals surface area contributed by atoms with Gasteiger partial charge in [0.1, 0.15) is 0 Å². The average molecular weight is 236 g/mol. The fourth-order valence-corrected chi connectivity index (χ4v) is 3.80. The maximum atomic E-state index is 12.3. The molecular weight excluding hydrogens is 216 g/mol. The zero-order valence-electron chi connectivity index (χ0n) is 10.1. The summed E-state index contributed by atoms with van der Waals surface area (Å²) < 4.78 is 0. The minimum atomic E-state index is -0.0240. The van der Waals surface area contributed by atoms with Gasteiger partial charge in [-0.1, -0.05) is 12.8 Å². The Hall–Kier alpha value is -0.900. The number of nitrogens with two attached hydrogens (primary N) is 1. The van der Waals surface area contributed by atoms with Gasteiger partial charge in [0.25, 0.3) is 0 Å². The first kappa shape index (κ1) is 11.2. The van der Waals surface area contributed by atoms with Crippen molar-refractivity contribution >= 4 is 11.8 Å². The highest BCUT2D eigenvalue weighted by molar-refractivity contribution is 6.05. The van der Waals surface area contributed by atoms with Crippen molar-refractivity contribution in [3.8, 4) is 0 Å². The van der Waals surface area contributed by atoms with Crippen LogP contribution < -0.4 is 5.73 Å². The van der Waals surface area contributed by atoms with E-state index < -0.39 is 0 Å². The van der Waals surface area contributed by atoms with E-state index in [0.29, 0.717) is 0 Å². The van der Waals surface area contributed by atoms with Crippen molar-refractivity contribution in [3.05, 3.63) is 0 Å². The Balaban J connectivity index is 1.85. The molecule has 4 atom stereocenters. The second-order valence-corrected chi connectivity index (χ2v) is 5.71. The quantitative estimate of drug-likeness (QED) is 0.692. The van der Waals surface area contributed by atoms with Crippen molar-refractivity contribution in [3.63, 3.8) is 0 Å². The first-order valence-corrected chi connectivity index (χ1v) is 6.82. The molecule has 3 aliphatic rings. The molecule has 2 aliphatic carbocycles. The van der Waals surface area contributed by atoms with Crippen molar-refractivity contribution in [1.29, 1.82) is 0 Å². The molecule has 2 saturated carbocycles. The molecule has 0 aromatic carbocycles. The van der Waals surface area contributed by atoms with E-state index in [1.165, 1.54) is 0 Å². The molecule has 94 valence electrons. The molecule has 0 aromatic rings. The second-order valence-electron chi connectivity index (χ2n) is 5.71. The van der Waals surface area contributed by atoms with Gasteiger partial charge in [0.2, 0.25) is 11.8 Å². The summed E-state index contributed by atoms with van der Waals surface area (Å²) in [5, 5.41) is 0. The molecule has 0 radical (unpaired) electrons. The number of imide groups is 1. The molecule has 1 heterocycles. The molecule has 1 aliphatic heterocycles. The molecular formula is C13H20N2O2. The Morgan fingerprint density at radius 3 is 1.94 bits per heavy atom. The van der Waals surface area contributed by atoms with Crippen LogP contribution in [0, 0.1) is 11.8 Å². The number of carbonyl (C=O) groups excluding carboxylic acids is 2. The van der Waals surface area contributed by atoms with Gasteiger partial charge in [0, 0.05) is 6.04 Å². The van der Waals surface area contributed by atoms with E-state index in [4.69, 9.17) is 5.73 Å². The van der Waals surface area contributed by atoms with Crippen molar-refractivity contribution in [2.75, 3.05) is 0 Å². The number of hydrogen-bond donors (Lipinski definition) is 1. The fraction of sp³-hybridized carbons (Fsp3) is 0.846. The summed E-state index contributed by atoms with van der Waals surface area (Å²) in [6, 6.07) is -0.0105. The summed E-state index contributed by atoms with van der Waals surface area (Å²) in [4.78, 5) is 26.2. The van der Waals surface area contributed by atoms with Crippen molar-refractivity contribution in [2.45, 2.75) is 57.0 Å². The van der Waals surface area contributed by atoms with E-state index in [9.17, 15) is 9.59 Å². The highest BCUT2D eigenvalue weighted by Crippen LogP contribution is 2.40. The molecule has 4 unspecified atom stereocenters. The minimum absolute atomic E-state index is 0.00283. The second kappa shape index (κ2) is 4.09. The lowest BCUT2D eigenvalue weighted by Crippen LogP contribution is -2.47. The predicted octanol–water partition coefficient (Wildman–Crippen LogP) is 1.04. The van der Waals surface area contributed by atoms with Crippen LogP contribution in [0.2, 0.25) is 0 Å². The molecule has 1 saturated heterocycles. The number of amides is 2. The van der Waals surface area contributed by atoms with E-state index in [1.54, 1.807) is 4.90 Å². The van der Waals surface area contributed by atoms with Gasteiger partial charge in [0.05, 0.1) is 17.9 Å². The normalized spacial score (nSPS) is 42.1. The number of nitrogens with zero attached hydrogens (tertiary/aromatic N) is 1. The Morgan fingerprint density at radius 2 is 1.47 bits per heavy atom. The van der Waals surface area contributed by atoms with Crippen LogP contribution in [0.3, 0.4) is 0 Å². The zero-order valence-corrected chi connectivity index (χ0v) is 10.1. The van der Waals surface area contributed by atoms with Crippen LogP contribution in [0.4, 0.5) is 0 Å². The third-order valence-corrected chi connectivity index (χ3v) is 4.74. The Labute approximate surface area is 102 Å². The van der Waals surface area contributed by atoms with Gasteiger partial charge < -0.3 is 5.73 Å². The molecule has 2 N–H and O–H groups in total. The number of hydrogen-bond acceptors (Lipinski definition) is 3. The van der Waals surface area contributed by atoms with Crippen LogP contribution in [0.25, 0.3) is 0 Å². The SMILES string of the molecule is NC1CCCC1N1C(=O)C2CCCCC2C1=O. The molecule has 3 fully saturated rings. The average Bonchev–Trinajstić information content (AvgIpc) is 2.84. The van der Waals surface area contributed by atoms with E-state index in [2.05, 4.69) is 0 Å². The molecule has 4 heteroatoms. The fourth-order valence-electron chi connectivity index (χ4n) is 3.80. The standard InChI is InChI=1S/C13H20N2O2/c14-10-6-3-7-11(10)15-12(16)8-4-1-2-5-9(8)13(15)17/h8-11H,1-7,14H2. The van der Waals surface area contributed by atoms with Crippen molar-refractivity contribution in [2.24, 2.45) is 17.6 Å². The highest BCUT2D eigenvalue weighted by Gasteiger charge is 2.51. The van der Waals surface area contributed by atoms with E-state index in [1.807, 2.05) is 0 Å². The molecule has 0 bridgehead atoms. The molecule has 17 heavy (non-hydrogen) atoms. The smallest absolute Gasteiger partial charge is 0.233 e. The number of fused-ring (bicyclic) bond motifs is 1. The molecule has 0 aromatic heterocycles. The van der Waals surface area contributed by atoms with Crippen molar-refractivity contribution < 1.29 is 9.59 Å². The molecule has 3 rings (SSSR count). The summed E-state index contributed by atoms with van der Waals surface area (Å²) in [5.74, 6) is 0.0946. The van der Waals surface area contributed by atoms with Crippen LogP contribution in [0.1, 0.15) is 44.9 Å². The monoisotopic (exact) mass is 236 g/mol. The van der Waals surface area contributed by atoms with Crippen LogP contribution in [0.5, 0.6) is 0 Å². The first-order valence-electron chi connectivity index (χ1n) is 6.82. The topological polar surface area (TPSA) is 63.4 Å². The highest BCUT2D eigenvalue weighted by atomic mass is 16.2. The third kappa shape index (κ3) is 1.61.